The van der Waals surface area contributed by atoms with E-state index in [0.717, 1.165) is 0 Å². The number of benzene rings is 1. The highest BCUT2D eigenvalue weighted by Crippen LogP contribution is 2.18. The minimum atomic E-state index is -0.113. The van der Waals surface area contributed by atoms with E-state index in [4.69, 9.17) is 0 Å². The Bertz CT molecular complexity index is 563. The zero-order chi connectivity index (χ0) is 14.5. The van der Waals surface area contributed by atoms with Gasteiger partial charge in [-0.05, 0) is 26.6 Å². The third kappa shape index (κ3) is 3.45. The van der Waals surface area contributed by atoms with Crippen LogP contribution >= 0.6 is 0 Å². The number of carbonyl (C=O) groups excluding carboxylic acids is 1. The Morgan fingerprint density at radius 3 is 2.85 bits per heavy atom. The number of hydrogen-bond donors (Lipinski definition) is 2. The Morgan fingerprint density at radius 1 is 1.45 bits per heavy atom. The number of carbonyl (C=O) groups is 1. The van der Waals surface area contributed by atoms with Gasteiger partial charge in [0.2, 0.25) is 0 Å². The van der Waals surface area contributed by atoms with Gasteiger partial charge in [-0.1, -0.05) is 29.8 Å². The quantitative estimate of drug-likeness (QED) is 0.871. The van der Waals surface area contributed by atoms with E-state index < -0.39 is 0 Å². The molecular weight excluding hydrogens is 252 g/mol. The lowest BCUT2D eigenvalue weighted by Crippen LogP contribution is -2.34. The van der Waals surface area contributed by atoms with Crippen LogP contribution in [-0.2, 0) is 0 Å². The lowest BCUT2D eigenvalue weighted by Gasteiger charge is -2.25. The molecular formula is C15H20N4O. The van der Waals surface area contributed by atoms with E-state index in [9.17, 15) is 4.79 Å². The lowest BCUT2D eigenvalue weighted by molar-refractivity contribution is 0.0942. The van der Waals surface area contributed by atoms with Gasteiger partial charge in [-0.25, -0.2) is 0 Å². The topological polar surface area (TPSA) is 61.0 Å². The summed E-state index contributed by atoms with van der Waals surface area (Å²) in [6.45, 7) is 2.63. The van der Waals surface area contributed by atoms with Gasteiger partial charge in [-0.15, -0.1) is 0 Å². The first-order valence-corrected chi connectivity index (χ1v) is 6.58. The number of aryl methyl sites for hydroxylation is 1. The van der Waals surface area contributed by atoms with E-state index in [-0.39, 0.29) is 11.9 Å². The van der Waals surface area contributed by atoms with Gasteiger partial charge in [-0.2, -0.15) is 5.10 Å². The van der Waals surface area contributed by atoms with Crippen LogP contribution in [0.5, 0.6) is 0 Å². The first-order valence-electron chi connectivity index (χ1n) is 6.58. The summed E-state index contributed by atoms with van der Waals surface area (Å²) >= 11 is 0. The predicted octanol–water partition coefficient (Wildman–Crippen LogP) is 1.75. The summed E-state index contributed by atoms with van der Waals surface area (Å²) in [5, 5.41) is 9.36. The van der Waals surface area contributed by atoms with Crippen LogP contribution in [0.4, 0.5) is 0 Å². The van der Waals surface area contributed by atoms with Crippen LogP contribution in [0, 0.1) is 6.92 Å². The molecule has 0 radical (unpaired) electrons. The van der Waals surface area contributed by atoms with Gasteiger partial charge >= 0.3 is 0 Å². The average Bonchev–Trinajstić information content (AvgIpc) is 2.92. The van der Waals surface area contributed by atoms with E-state index >= 15 is 0 Å². The molecule has 2 rings (SSSR count). The fourth-order valence-electron chi connectivity index (χ4n) is 2.14. The Labute approximate surface area is 119 Å². The van der Waals surface area contributed by atoms with Crippen molar-refractivity contribution in [3.63, 3.8) is 0 Å². The van der Waals surface area contributed by atoms with Crippen LogP contribution in [0.2, 0.25) is 0 Å². The minimum absolute atomic E-state index is 0.113. The normalized spacial score (nSPS) is 12.4. The number of amides is 1. The van der Waals surface area contributed by atoms with Gasteiger partial charge in [0.1, 0.15) is 0 Å². The van der Waals surface area contributed by atoms with Crippen molar-refractivity contribution in [2.45, 2.75) is 13.0 Å². The molecule has 5 heteroatoms. The molecule has 0 aliphatic carbocycles. The molecule has 1 amide bonds. The van der Waals surface area contributed by atoms with Gasteiger partial charge in [-0.3, -0.25) is 9.89 Å². The number of hydrogen-bond acceptors (Lipinski definition) is 3. The van der Waals surface area contributed by atoms with Crippen molar-refractivity contribution in [2.75, 3.05) is 20.6 Å². The molecule has 20 heavy (non-hydrogen) atoms. The standard InChI is InChI=1S/C15H20N4O/c1-11-5-4-6-12(7-11)14(19(2)3)10-16-15(20)13-8-17-18-9-13/h4-9,14H,10H2,1-3H3,(H,16,20)(H,17,18)/t14-/m0/s1. The molecule has 0 saturated carbocycles. The van der Waals surface area contributed by atoms with Crippen molar-refractivity contribution >= 4 is 5.91 Å². The molecule has 1 aromatic heterocycles. The van der Waals surface area contributed by atoms with E-state index in [1.54, 1.807) is 6.20 Å². The molecule has 0 aliphatic heterocycles. The molecule has 0 fully saturated rings. The third-order valence-corrected chi connectivity index (χ3v) is 3.27. The molecule has 5 nitrogen and oxygen atoms in total. The molecule has 0 spiro atoms. The Balaban J connectivity index is 2.05. The smallest absolute Gasteiger partial charge is 0.254 e. The molecule has 2 N–H and O–H groups in total. The van der Waals surface area contributed by atoms with Crippen LogP contribution in [0.15, 0.2) is 36.7 Å². The second-order valence-corrected chi connectivity index (χ2v) is 5.09. The molecule has 2 aromatic rings. The third-order valence-electron chi connectivity index (χ3n) is 3.27. The van der Waals surface area contributed by atoms with Gasteiger partial charge in [0, 0.05) is 12.7 Å². The largest absolute Gasteiger partial charge is 0.350 e. The second kappa shape index (κ2) is 6.34. The Kier molecular flexibility index (Phi) is 4.53. The van der Waals surface area contributed by atoms with Gasteiger partial charge in [0.15, 0.2) is 0 Å². The maximum absolute atomic E-state index is 11.9. The first-order chi connectivity index (χ1) is 9.58. The summed E-state index contributed by atoms with van der Waals surface area (Å²) in [5.41, 5.74) is 2.96. The number of aromatic amines is 1. The molecule has 0 saturated heterocycles. The molecule has 0 bridgehead atoms. The molecule has 1 heterocycles. The van der Waals surface area contributed by atoms with Crippen molar-refractivity contribution in [2.24, 2.45) is 0 Å². The summed E-state index contributed by atoms with van der Waals surface area (Å²) < 4.78 is 0. The van der Waals surface area contributed by atoms with E-state index in [1.807, 2.05) is 20.2 Å². The maximum Gasteiger partial charge on any atom is 0.254 e. The summed E-state index contributed by atoms with van der Waals surface area (Å²) in [6, 6.07) is 8.49. The lowest BCUT2D eigenvalue weighted by atomic mass is 10.0. The highest BCUT2D eigenvalue weighted by molar-refractivity contribution is 5.93. The van der Waals surface area contributed by atoms with Crippen molar-refractivity contribution in [1.82, 2.24) is 20.4 Å². The zero-order valence-electron chi connectivity index (χ0n) is 12.1. The highest BCUT2D eigenvalue weighted by atomic mass is 16.1. The van der Waals surface area contributed by atoms with Crippen LogP contribution in [-0.4, -0.2) is 41.6 Å². The van der Waals surface area contributed by atoms with E-state index in [2.05, 4.69) is 45.5 Å². The molecule has 1 atom stereocenters. The number of nitrogens with zero attached hydrogens (tertiary/aromatic N) is 2. The highest BCUT2D eigenvalue weighted by Gasteiger charge is 2.16. The molecule has 0 unspecified atom stereocenters. The number of rotatable bonds is 5. The minimum Gasteiger partial charge on any atom is -0.350 e. The second-order valence-electron chi connectivity index (χ2n) is 5.09. The fraction of sp³-hybridized carbons (Fsp3) is 0.333. The van der Waals surface area contributed by atoms with Crippen molar-refractivity contribution < 1.29 is 4.79 Å². The number of nitrogens with one attached hydrogen (secondary N) is 2. The summed E-state index contributed by atoms with van der Waals surface area (Å²) in [7, 11) is 4.02. The fourth-order valence-corrected chi connectivity index (χ4v) is 2.14. The number of likely N-dealkylation sites (N-methyl/N-ethyl adjacent to an activating group) is 1. The summed E-state index contributed by atoms with van der Waals surface area (Å²) in [6.07, 6.45) is 3.11. The summed E-state index contributed by atoms with van der Waals surface area (Å²) in [4.78, 5) is 14.0. The van der Waals surface area contributed by atoms with Gasteiger partial charge < -0.3 is 10.2 Å². The summed E-state index contributed by atoms with van der Waals surface area (Å²) in [5.74, 6) is -0.113. The van der Waals surface area contributed by atoms with Crippen LogP contribution in [0.1, 0.15) is 27.5 Å². The average molecular weight is 272 g/mol. The maximum atomic E-state index is 11.9. The number of H-pyrrole nitrogens is 1. The molecule has 106 valence electrons. The number of aromatic nitrogens is 2. The molecule has 1 aromatic carbocycles. The van der Waals surface area contributed by atoms with E-state index in [0.29, 0.717) is 12.1 Å². The Hall–Kier alpha value is -2.14. The van der Waals surface area contributed by atoms with Crippen molar-refractivity contribution in [3.8, 4) is 0 Å². The van der Waals surface area contributed by atoms with Gasteiger partial charge in [0.05, 0.1) is 17.8 Å². The molecule has 0 aliphatic rings. The Morgan fingerprint density at radius 2 is 2.25 bits per heavy atom. The van der Waals surface area contributed by atoms with Gasteiger partial charge in [0.25, 0.3) is 5.91 Å². The first kappa shape index (κ1) is 14.3. The monoisotopic (exact) mass is 272 g/mol. The van der Waals surface area contributed by atoms with Crippen LogP contribution in [0.25, 0.3) is 0 Å². The van der Waals surface area contributed by atoms with Crippen LogP contribution < -0.4 is 5.32 Å². The van der Waals surface area contributed by atoms with E-state index in [1.165, 1.54) is 17.3 Å². The predicted molar refractivity (Wildman–Crippen MR) is 78.5 cm³/mol. The SMILES string of the molecule is Cc1cccc([C@H](CNC(=O)c2cn[nH]c2)N(C)C)c1. The van der Waals surface area contributed by atoms with Crippen LogP contribution in [0.3, 0.4) is 0 Å². The zero-order valence-corrected chi connectivity index (χ0v) is 12.1. The van der Waals surface area contributed by atoms with Crippen molar-refractivity contribution in [3.05, 3.63) is 53.3 Å². The van der Waals surface area contributed by atoms with Crippen molar-refractivity contribution in [1.29, 1.82) is 0 Å².